The number of benzene rings is 1. The van der Waals surface area contributed by atoms with Crippen LogP contribution >= 0.6 is 0 Å². The maximum Gasteiger partial charge on any atom is 0.0456 e. The fourth-order valence-electron chi connectivity index (χ4n) is 4.88. The fraction of sp³-hybridized carbons (Fsp3) is 0.348. The summed E-state index contributed by atoms with van der Waals surface area (Å²) in [6.07, 6.45) is 14.6. The second-order valence-electron chi connectivity index (χ2n) is 7.80. The third-order valence-electron chi connectivity index (χ3n) is 6.12. The highest BCUT2D eigenvalue weighted by atomic mass is 15.2. The Morgan fingerprint density at radius 2 is 2.08 bits per heavy atom. The molecule has 0 radical (unpaired) electrons. The average molecular weight is 343 g/mol. The third kappa shape index (κ3) is 2.97. The van der Waals surface area contributed by atoms with E-state index in [2.05, 4.69) is 69.6 Å². The highest BCUT2D eigenvalue weighted by Crippen LogP contribution is 2.36. The molecule has 2 bridgehead atoms. The second kappa shape index (κ2) is 6.73. The van der Waals surface area contributed by atoms with Gasteiger partial charge in [0.05, 0.1) is 0 Å². The Kier molecular flexibility index (Phi) is 4.10. The number of piperidine rings is 1. The van der Waals surface area contributed by atoms with Crippen LogP contribution in [-0.4, -0.2) is 34.0 Å². The smallest absolute Gasteiger partial charge is 0.0456 e. The van der Waals surface area contributed by atoms with Crippen LogP contribution in [0.1, 0.15) is 17.5 Å². The number of nitrogens with one attached hydrogen (secondary N) is 1. The lowest BCUT2D eigenvalue weighted by Crippen LogP contribution is -2.51. The predicted octanol–water partition coefficient (Wildman–Crippen LogP) is 4.22. The SMILES string of the molecule is C1=CC2C(Cc3cccnc3)CC1CN2CCc1c[nH]c2ccccc12. The van der Waals surface area contributed by atoms with Crippen molar-refractivity contribution in [2.45, 2.75) is 25.3 Å². The zero-order valence-corrected chi connectivity index (χ0v) is 15.0. The van der Waals surface area contributed by atoms with Gasteiger partial charge in [0.2, 0.25) is 0 Å². The summed E-state index contributed by atoms with van der Waals surface area (Å²) in [6.45, 7) is 2.35. The predicted molar refractivity (Wildman–Crippen MR) is 106 cm³/mol. The lowest BCUT2D eigenvalue weighted by Gasteiger charge is -2.46. The Morgan fingerprint density at radius 1 is 1.12 bits per heavy atom. The number of aromatic nitrogens is 2. The first kappa shape index (κ1) is 15.8. The maximum absolute atomic E-state index is 4.30. The van der Waals surface area contributed by atoms with Crippen LogP contribution in [-0.2, 0) is 12.8 Å². The van der Waals surface area contributed by atoms with Crippen molar-refractivity contribution in [2.75, 3.05) is 13.1 Å². The Labute approximate surface area is 154 Å². The molecule has 1 N–H and O–H groups in total. The summed E-state index contributed by atoms with van der Waals surface area (Å²) in [7, 11) is 0. The summed E-state index contributed by atoms with van der Waals surface area (Å²) >= 11 is 0. The lowest BCUT2D eigenvalue weighted by atomic mass is 9.75. The molecule has 1 aliphatic carbocycles. The second-order valence-corrected chi connectivity index (χ2v) is 7.80. The molecule has 3 aliphatic rings. The molecule has 6 rings (SSSR count). The van der Waals surface area contributed by atoms with Crippen molar-refractivity contribution >= 4 is 10.9 Å². The molecule has 3 aromatic rings. The van der Waals surface area contributed by atoms with Gasteiger partial charge in [-0.3, -0.25) is 9.88 Å². The molecule has 2 aliphatic heterocycles. The number of hydrogen-bond donors (Lipinski definition) is 1. The van der Waals surface area contributed by atoms with Crippen LogP contribution < -0.4 is 0 Å². The van der Waals surface area contributed by atoms with Crippen molar-refractivity contribution in [1.82, 2.24) is 14.9 Å². The van der Waals surface area contributed by atoms with Gasteiger partial charge in [-0.1, -0.05) is 36.4 Å². The van der Waals surface area contributed by atoms with E-state index in [-0.39, 0.29) is 0 Å². The molecule has 0 spiro atoms. The number of nitrogens with zero attached hydrogens (tertiary/aromatic N) is 2. The fourth-order valence-corrected chi connectivity index (χ4v) is 4.88. The van der Waals surface area contributed by atoms with Crippen LogP contribution in [0.25, 0.3) is 10.9 Å². The van der Waals surface area contributed by atoms with Crippen LogP contribution in [0.3, 0.4) is 0 Å². The van der Waals surface area contributed by atoms with Crippen molar-refractivity contribution < 1.29 is 0 Å². The molecule has 1 fully saturated rings. The van der Waals surface area contributed by atoms with Crippen LogP contribution in [0.5, 0.6) is 0 Å². The van der Waals surface area contributed by atoms with Gasteiger partial charge >= 0.3 is 0 Å². The van der Waals surface area contributed by atoms with Crippen molar-refractivity contribution in [1.29, 1.82) is 0 Å². The summed E-state index contributed by atoms with van der Waals surface area (Å²) in [4.78, 5) is 10.4. The molecule has 2 aromatic heterocycles. The highest BCUT2D eigenvalue weighted by molar-refractivity contribution is 5.83. The number of hydrogen-bond acceptors (Lipinski definition) is 2. The van der Waals surface area contributed by atoms with E-state index >= 15 is 0 Å². The van der Waals surface area contributed by atoms with Gasteiger partial charge in [-0.2, -0.15) is 0 Å². The topological polar surface area (TPSA) is 31.9 Å². The van der Waals surface area contributed by atoms with Gasteiger partial charge in [-0.25, -0.2) is 0 Å². The van der Waals surface area contributed by atoms with E-state index in [1.165, 1.54) is 35.0 Å². The van der Waals surface area contributed by atoms with Crippen LogP contribution in [0.15, 0.2) is 67.1 Å². The lowest BCUT2D eigenvalue weighted by molar-refractivity contribution is 0.0845. The Balaban J connectivity index is 1.29. The molecule has 3 unspecified atom stereocenters. The number of fused-ring (bicyclic) bond motifs is 3. The normalized spacial score (nSPS) is 25.2. The van der Waals surface area contributed by atoms with Crippen LogP contribution in [0.2, 0.25) is 0 Å². The first-order valence-corrected chi connectivity index (χ1v) is 9.73. The molecule has 26 heavy (non-hydrogen) atoms. The van der Waals surface area contributed by atoms with Crippen molar-refractivity contribution in [3.63, 3.8) is 0 Å². The quantitative estimate of drug-likeness (QED) is 0.703. The molecule has 0 amide bonds. The van der Waals surface area contributed by atoms with E-state index in [4.69, 9.17) is 0 Å². The molecule has 3 nitrogen and oxygen atoms in total. The average Bonchev–Trinajstić information content (AvgIpc) is 3.11. The van der Waals surface area contributed by atoms with E-state index in [1.807, 2.05) is 12.4 Å². The van der Waals surface area contributed by atoms with Crippen molar-refractivity contribution in [3.05, 3.63) is 78.3 Å². The molecule has 1 saturated heterocycles. The molecule has 4 heterocycles. The zero-order valence-electron chi connectivity index (χ0n) is 15.0. The first-order chi connectivity index (χ1) is 12.9. The summed E-state index contributed by atoms with van der Waals surface area (Å²) in [6, 6.07) is 13.5. The zero-order chi connectivity index (χ0) is 17.3. The number of para-hydroxylation sites is 1. The van der Waals surface area contributed by atoms with Crippen LogP contribution in [0.4, 0.5) is 0 Å². The summed E-state index contributed by atoms with van der Waals surface area (Å²) in [5, 5.41) is 1.37. The Hall–Kier alpha value is -2.39. The van der Waals surface area contributed by atoms with Gasteiger partial charge < -0.3 is 4.98 Å². The minimum absolute atomic E-state index is 0.574. The van der Waals surface area contributed by atoms with E-state index in [9.17, 15) is 0 Å². The van der Waals surface area contributed by atoms with Gasteiger partial charge in [0.25, 0.3) is 0 Å². The molecule has 132 valence electrons. The number of rotatable bonds is 5. The highest BCUT2D eigenvalue weighted by Gasteiger charge is 2.37. The molecule has 0 saturated carbocycles. The first-order valence-electron chi connectivity index (χ1n) is 9.73. The van der Waals surface area contributed by atoms with Crippen molar-refractivity contribution in [2.24, 2.45) is 11.8 Å². The Morgan fingerprint density at radius 3 is 2.96 bits per heavy atom. The summed E-state index contributed by atoms with van der Waals surface area (Å²) < 4.78 is 0. The molecule has 1 aromatic carbocycles. The Bertz CT molecular complexity index is 911. The molecule has 3 atom stereocenters. The van der Waals surface area contributed by atoms with Gasteiger partial charge in [0, 0.05) is 48.6 Å². The summed E-state index contributed by atoms with van der Waals surface area (Å²) in [5.74, 6) is 1.43. The van der Waals surface area contributed by atoms with Gasteiger partial charge in [0.1, 0.15) is 0 Å². The van der Waals surface area contributed by atoms with Gasteiger partial charge in [0.15, 0.2) is 0 Å². The van der Waals surface area contributed by atoms with Crippen molar-refractivity contribution in [3.8, 4) is 0 Å². The summed E-state index contributed by atoms with van der Waals surface area (Å²) in [5.41, 5.74) is 4.06. The van der Waals surface area contributed by atoms with E-state index in [0.717, 1.165) is 19.4 Å². The number of pyridine rings is 1. The monoisotopic (exact) mass is 343 g/mol. The van der Waals surface area contributed by atoms with Gasteiger partial charge in [-0.15, -0.1) is 0 Å². The van der Waals surface area contributed by atoms with Crippen LogP contribution in [0, 0.1) is 11.8 Å². The minimum atomic E-state index is 0.574. The number of H-pyrrole nitrogens is 1. The molecule has 3 heteroatoms. The minimum Gasteiger partial charge on any atom is -0.361 e. The third-order valence-corrected chi connectivity index (χ3v) is 6.12. The largest absolute Gasteiger partial charge is 0.361 e. The molecular weight excluding hydrogens is 318 g/mol. The maximum atomic E-state index is 4.30. The standard InChI is InChI=1S/C23H25N3/c1-2-6-22-21(5-1)19(15-25-22)9-11-26-16-18-7-8-23(26)20(13-18)12-17-4-3-10-24-14-17/h1-8,10,14-15,18,20,23,25H,9,11-13,16H2. The van der Waals surface area contributed by atoms with E-state index in [0.29, 0.717) is 17.9 Å². The molecular formula is C23H25N3. The van der Waals surface area contributed by atoms with Gasteiger partial charge in [-0.05, 0) is 54.4 Å². The van der Waals surface area contributed by atoms with E-state index in [1.54, 1.807) is 0 Å². The number of aromatic amines is 1. The van der Waals surface area contributed by atoms with E-state index < -0.39 is 0 Å².